The minimum Gasteiger partial charge on any atom is -0.372 e. The third-order valence-electron chi connectivity index (χ3n) is 4.35. The summed E-state index contributed by atoms with van der Waals surface area (Å²) in [7, 11) is 0. The number of hydrogen-bond acceptors (Lipinski definition) is 2. The van der Waals surface area contributed by atoms with Crippen LogP contribution in [0.3, 0.4) is 0 Å². The van der Waals surface area contributed by atoms with E-state index < -0.39 is 12.6 Å². The topological polar surface area (TPSA) is 21.3 Å². The molecule has 0 aromatic heterocycles. The fourth-order valence-corrected chi connectivity index (χ4v) is 3.19. The van der Waals surface area contributed by atoms with Gasteiger partial charge in [0.15, 0.2) is 0 Å². The van der Waals surface area contributed by atoms with Crippen LogP contribution in [-0.4, -0.2) is 31.0 Å². The lowest BCUT2D eigenvalue weighted by Crippen LogP contribution is -2.59. The smallest absolute Gasteiger partial charge is 0.372 e. The van der Waals surface area contributed by atoms with Gasteiger partial charge in [0.2, 0.25) is 0 Å². The summed E-state index contributed by atoms with van der Waals surface area (Å²) in [6.45, 7) is 3.49. The molecular formula is C13H22F3NO. The minimum atomic E-state index is -4.07. The molecule has 1 aliphatic carbocycles. The standard InChI is InChI=1S/C13H22F3NO/c1-10-2-5-12(6-3-10)11(17-8-9-18-12)4-7-13(14,15)16/h10-11,17H,2-9H2,1H3. The maximum atomic E-state index is 12.4. The van der Waals surface area contributed by atoms with E-state index in [1.165, 1.54) is 0 Å². The number of rotatable bonds is 2. The predicted octanol–water partition coefficient (Wildman–Crippen LogP) is 3.27. The van der Waals surface area contributed by atoms with Crippen molar-refractivity contribution in [2.24, 2.45) is 5.92 Å². The van der Waals surface area contributed by atoms with E-state index in [9.17, 15) is 13.2 Å². The maximum absolute atomic E-state index is 12.4. The minimum absolute atomic E-state index is 0.137. The monoisotopic (exact) mass is 265 g/mol. The molecule has 5 heteroatoms. The lowest BCUT2D eigenvalue weighted by atomic mass is 9.73. The molecule has 1 unspecified atom stereocenters. The van der Waals surface area contributed by atoms with Crippen LogP contribution in [0, 0.1) is 5.92 Å². The Labute approximate surface area is 106 Å². The Morgan fingerprint density at radius 2 is 1.94 bits per heavy atom. The summed E-state index contributed by atoms with van der Waals surface area (Å²) in [5.74, 6) is 0.671. The zero-order valence-corrected chi connectivity index (χ0v) is 10.9. The van der Waals surface area contributed by atoms with Crippen LogP contribution < -0.4 is 5.32 Å². The zero-order valence-electron chi connectivity index (χ0n) is 10.9. The molecule has 0 bridgehead atoms. The number of hydrogen-bond donors (Lipinski definition) is 1. The van der Waals surface area contributed by atoms with Gasteiger partial charge in [-0.3, -0.25) is 0 Å². The summed E-state index contributed by atoms with van der Waals surface area (Å²) < 4.78 is 43.0. The van der Waals surface area contributed by atoms with Gasteiger partial charge in [0.05, 0.1) is 12.2 Å². The van der Waals surface area contributed by atoms with Crippen molar-refractivity contribution in [2.45, 2.75) is 63.3 Å². The Morgan fingerprint density at radius 3 is 2.56 bits per heavy atom. The Bertz CT molecular complexity index is 272. The normalized spacial score (nSPS) is 38.0. The third-order valence-corrected chi connectivity index (χ3v) is 4.35. The Balaban J connectivity index is 1.97. The molecule has 1 spiro atoms. The van der Waals surface area contributed by atoms with Gasteiger partial charge >= 0.3 is 6.18 Å². The second-order valence-corrected chi connectivity index (χ2v) is 5.76. The summed E-state index contributed by atoms with van der Waals surface area (Å²) in [4.78, 5) is 0. The largest absolute Gasteiger partial charge is 0.389 e. The molecule has 2 rings (SSSR count). The van der Waals surface area contributed by atoms with Crippen LogP contribution in [0.25, 0.3) is 0 Å². The van der Waals surface area contributed by atoms with Crippen LogP contribution in [-0.2, 0) is 4.74 Å². The van der Waals surface area contributed by atoms with Crippen molar-refractivity contribution in [3.8, 4) is 0 Å². The molecular weight excluding hydrogens is 243 g/mol. The molecule has 0 amide bonds. The first-order valence-electron chi connectivity index (χ1n) is 6.85. The summed E-state index contributed by atoms with van der Waals surface area (Å²) in [5.41, 5.74) is -0.337. The SMILES string of the molecule is CC1CCC2(CC1)OCCNC2CCC(F)(F)F. The summed E-state index contributed by atoms with van der Waals surface area (Å²) in [6.07, 6.45) is -0.743. The molecule has 2 nitrogen and oxygen atoms in total. The van der Waals surface area contributed by atoms with Crippen molar-refractivity contribution in [3.05, 3.63) is 0 Å². The van der Waals surface area contributed by atoms with E-state index in [-0.39, 0.29) is 18.1 Å². The predicted molar refractivity (Wildman–Crippen MR) is 63.4 cm³/mol. The molecule has 0 aromatic rings. The molecule has 1 atom stereocenters. The van der Waals surface area contributed by atoms with E-state index in [1.54, 1.807) is 0 Å². The highest BCUT2D eigenvalue weighted by Crippen LogP contribution is 2.40. The Hall–Kier alpha value is -0.290. The lowest BCUT2D eigenvalue weighted by molar-refractivity contribution is -0.155. The average Bonchev–Trinajstić information content (AvgIpc) is 2.31. The molecule has 2 fully saturated rings. The lowest BCUT2D eigenvalue weighted by Gasteiger charge is -2.48. The molecule has 106 valence electrons. The van der Waals surface area contributed by atoms with Crippen LogP contribution in [0.15, 0.2) is 0 Å². The van der Waals surface area contributed by atoms with Gasteiger partial charge in [0.1, 0.15) is 0 Å². The number of nitrogens with one attached hydrogen (secondary N) is 1. The van der Waals surface area contributed by atoms with E-state index >= 15 is 0 Å². The van der Waals surface area contributed by atoms with Gasteiger partial charge in [0.25, 0.3) is 0 Å². The molecule has 1 saturated carbocycles. The molecule has 18 heavy (non-hydrogen) atoms. The van der Waals surface area contributed by atoms with Crippen molar-refractivity contribution in [1.82, 2.24) is 5.32 Å². The van der Waals surface area contributed by atoms with Crippen LogP contribution in [0.1, 0.15) is 45.4 Å². The highest BCUT2D eigenvalue weighted by Gasteiger charge is 2.45. The molecule has 1 N–H and O–H groups in total. The van der Waals surface area contributed by atoms with Gasteiger partial charge in [-0.25, -0.2) is 0 Å². The highest BCUT2D eigenvalue weighted by molar-refractivity contribution is 4.98. The van der Waals surface area contributed by atoms with E-state index in [4.69, 9.17) is 4.74 Å². The maximum Gasteiger partial charge on any atom is 0.389 e. The summed E-state index contributed by atoms with van der Waals surface area (Å²) >= 11 is 0. The van der Waals surface area contributed by atoms with Gasteiger partial charge in [-0.05, 0) is 38.0 Å². The number of ether oxygens (including phenoxy) is 1. The van der Waals surface area contributed by atoms with Crippen molar-refractivity contribution in [3.63, 3.8) is 0 Å². The van der Waals surface area contributed by atoms with Crippen LogP contribution >= 0.6 is 0 Å². The first kappa shape index (κ1) is 14.1. The molecule has 1 saturated heterocycles. The molecule has 2 aliphatic rings. The fourth-order valence-electron chi connectivity index (χ4n) is 3.19. The molecule has 1 aliphatic heterocycles. The number of halogens is 3. The number of morpholine rings is 1. The highest BCUT2D eigenvalue weighted by atomic mass is 19.4. The Kier molecular flexibility index (Phi) is 4.22. The van der Waals surface area contributed by atoms with Gasteiger partial charge in [-0.1, -0.05) is 6.92 Å². The van der Waals surface area contributed by atoms with E-state index in [0.717, 1.165) is 25.7 Å². The molecule has 1 heterocycles. The van der Waals surface area contributed by atoms with Crippen LogP contribution in [0.2, 0.25) is 0 Å². The molecule has 0 aromatic carbocycles. The van der Waals surface area contributed by atoms with E-state index in [1.807, 2.05) is 0 Å². The average molecular weight is 265 g/mol. The fraction of sp³-hybridized carbons (Fsp3) is 1.00. The van der Waals surface area contributed by atoms with Crippen molar-refractivity contribution >= 4 is 0 Å². The number of alkyl halides is 3. The first-order valence-corrected chi connectivity index (χ1v) is 6.85. The van der Waals surface area contributed by atoms with E-state index in [0.29, 0.717) is 19.1 Å². The first-order chi connectivity index (χ1) is 8.41. The van der Waals surface area contributed by atoms with Crippen molar-refractivity contribution < 1.29 is 17.9 Å². The van der Waals surface area contributed by atoms with E-state index in [2.05, 4.69) is 12.2 Å². The Morgan fingerprint density at radius 1 is 1.28 bits per heavy atom. The summed E-state index contributed by atoms with van der Waals surface area (Å²) in [5, 5.41) is 3.24. The quantitative estimate of drug-likeness (QED) is 0.827. The second-order valence-electron chi connectivity index (χ2n) is 5.76. The van der Waals surface area contributed by atoms with Crippen molar-refractivity contribution in [1.29, 1.82) is 0 Å². The zero-order chi connectivity index (χ0) is 13.2. The van der Waals surface area contributed by atoms with Gasteiger partial charge in [-0.15, -0.1) is 0 Å². The van der Waals surface area contributed by atoms with Gasteiger partial charge in [0, 0.05) is 19.0 Å². The van der Waals surface area contributed by atoms with Crippen LogP contribution in [0.4, 0.5) is 13.2 Å². The van der Waals surface area contributed by atoms with Gasteiger partial charge < -0.3 is 10.1 Å². The molecule has 0 radical (unpaired) electrons. The second kappa shape index (κ2) is 5.37. The third kappa shape index (κ3) is 3.38. The summed E-state index contributed by atoms with van der Waals surface area (Å²) in [6, 6.07) is -0.139. The van der Waals surface area contributed by atoms with Crippen molar-refractivity contribution in [2.75, 3.05) is 13.2 Å². The van der Waals surface area contributed by atoms with Crippen LogP contribution in [0.5, 0.6) is 0 Å². The van der Waals surface area contributed by atoms with Gasteiger partial charge in [-0.2, -0.15) is 13.2 Å².